The molecule has 0 radical (unpaired) electrons. The predicted molar refractivity (Wildman–Crippen MR) is 203 cm³/mol. The number of hydrogen-bond donors (Lipinski definition) is 2. The predicted octanol–water partition coefficient (Wildman–Crippen LogP) is 4.73. The van der Waals surface area contributed by atoms with Gasteiger partial charge in [0.05, 0.1) is 39.6 Å². The summed E-state index contributed by atoms with van der Waals surface area (Å²) < 4.78 is 44.0. The summed E-state index contributed by atoms with van der Waals surface area (Å²) >= 11 is 0. The molecule has 1 aromatic heterocycles. The van der Waals surface area contributed by atoms with E-state index in [0.717, 1.165) is 27.3 Å². The minimum atomic E-state index is -1.37. The molecule has 14 nitrogen and oxygen atoms in total. The number of hydrogen-bond acceptors (Lipinski definition) is 11. The van der Waals surface area contributed by atoms with E-state index in [1.165, 1.54) is 20.4 Å². The normalized spacial score (nSPS) is 18.4. The lowest BCUT2D eigenvalue weighted by atomic mass is 9.64. The number of benzene rings is 4. The van der Waals surface area contributed by atoms with Crippen molar-refractivity contribution in [3.05, 3.63) is 153 Å². The lowest BCUT2D eigenvalue weighted by Gasteiger charge is -2.45. The maximum absolute atomic E-state index is 13.6. The number of methoxy groups -OCH3 is 4. The highest BCUT2D eigenvalue weighted by Crippen LogP contribution is 2.49. The first-order valence-corrected chi connectivity index (χ1v) is 17.7. The number of nitrogens with one attached hydrogen (secondary N) is 1. The van der Waals surface area contributed by atoms with E-state index in [0.29, 0.717) is 17.2 Å². The van der Waals surface area contributed by atoms with Crippen LogP contribution in [0.5, 0.6) is 23.0 Å². The van der Waals surface area contributed by atoms with Gasteiger partial charge in [-0.05, 0) is 53.1 Å². The van der Waals surface area contributed by atoms with Gasteiger partial charge in [-0.25, -0.2) is 4.79 Å². The van der Waals surface area contributed by atoms with Crippen LogP contribution in [0.1, 0.15) is 35.8 Å². The zero-order valence-corrected chi connectivity index (χ0v) is 31.2. The van der Waals surface area contributed by atoms with E-state index in [1.807, 2.05) is 78.9 Å². The Kier molecular flexibility index (Phi) is 12.2. The van der Waals surface area contributed by atoms with Gasteiger partial charge in [0.2, 0.25) is 0 Å². The summed E-state index contributed by atoms with van der Waals surface area (Å²) in [5, 5.41) is 9.43. The van der Waals surface area contributed by atoms with Crippen molar-refractivity contribution in [2.24, 2.45) is 0 Å². The minimum absolute atomic E-state index is 0.229. The first-order chi connectivity index (χ1) is 27.1. The van der Waals surface area contributed by atoms with E-state index in [9.17, 15) is 24.3 Å². The Morgan fingerprint density at radius 2 is 1.30 bits per heavy atom. The van der Waals surface area contributed by atoms with Crippen LogP contribution < -0.4 is 30.2 Å². The minimum Gasteiger partial charge on any atom is -0.497 e. The third-order valence-electron chi connectivity index (χ3n) is 9.79. The summed E-state index contributed by atoms with van der Waals surface area (Å²) in [5.74, 6) is -0.292. The quantitative estimate of drug-likeness (QED) is 0.105. The average Bonchev–Trinajstić information content (AvgIpc) is 3.55. The molecule has 0 bridgehead atoms. The van der Waals surface area contributed by atoms with Gasteiger partial charge < -0.3 is 38.3 Å². The molecule has 2 N–H and O–H groups in total. The van der Waals surface area contributed by atoms with Gasteiger partial charge in [0.25, 0.3) is 5.56 Å². The van der Waals surface area contributed by atoms with Crippen LogP contribution in [-0.4, -0.2) is 79.5 Å². The van der Waals surface area contributed by atoms with E-state index in [-0.39, 0.29) is 5.75 Å². The summed E-state index contributed by atoms with van der Waals surface area (Å²) in [4.78, 5) is 53.2. The molecule has 1 saturated heterocycles. The second-order valence-electron chi connectivity index (χ2n) is 12.9. The molecule has 0 amide bonds. The molecule has 14 heteroatoms. The number of aliphatic carboxylic acids is 1. The number of nitrogens with zero attached hydrogens (tertiary/aromatic N) is 1. The Hall–Kier alpha value is -6.38. The van der Waals surface area contributed by atoms with Crippen LogP contribution in [0.25, 0.3) is 0 Å². The van der Waals surface area contributed by atoms with Crippen molar-refractivity contribution in [2.45, 2.75) is 48.9 Å². The molecule has 56 heavy (non-hydrogen) atoms. The smallest absolute Gasteiger partial charge is 0.330 e. The Bertz CT molecular complexity index is 2170. The second-order valence-corrected chi connectivity index (χ2v) is 12.9. The van der Waals surface area contributed by atoms with E-state index < -0.39 is 72.1 Å². The largest absolute Gasteiger partial charge is 0.497 e. The van der Waals surface area contributed by atoms with Crippen LogP contribution in [0.3, 0.4) is 0 Å². The van der Waals surface area contributed by atoms with E-state index in [1.54, 1.807) is 38.5 Å². The number of aromatic nitrogens is 2. The number of carbonyl (C=O) groups is 2. The standard InChI is InChI=1S/C42H42N2O12/c1-50-29-18-14-27(15-19-29)42(26-10-6-5-7-11-26,28-16-20-30(51-2)21-17-28)39(53-4)37-36(55-35(48)23-22-34(46)47)38(54-32-13-9-8-12-31(32)52-3)40(56-37)44-25-24-33(45)43-41(44)49/h5-21,24-25,36-40H,22-23H2,1-4H3,(H,46,47)(H,43,45,49)/t36-,37+,38-,39-,40-/m1/s1. The zero-order chi connectivity index (χ0) is 39.8. The Labute approximate surface area is 322 Å². The van der Waals surface area contributed by atoms with Crippen molar-refractivity contribution < 1.29 is 47.9 Å². The molecule has 2 heterocycles. The summed E-state index contributed by atoms with van der Waals surface area (Å²) in [7, 11) is 6.09. The van der Waals surface area contributed by atoms with Crippen molar-refractivity contribution in [1.29, 1.82) is 0 Å². The average molecular weight is 767 g/mol. The fourth-order valence-corrected chi connectivity index (χ4v) is 7.26. The Balaban J connectivity index is 1.63. The van der Waals surface area contributed by atoms with Crippen LogP contribution in [-0.2, 0) is 29.2 Å². The van der Waals surface area contributed by atoms with Gasteiger partial charge in [0.1, 0.15) is 23.7 Å². The number of carboxylic acid groups (broad SMARTS) is 1. The number of carboxylic acids is 1. The van der Waals surface area contributed by atoms with Crippen molar-refractivity contribution in [2.75, 3.05) is 28.4 Å². The maximum atomic E-state index is 13.6. The van der Waals surface area contributed by atoms with Crippen LogP contribution in [0.2, 0.25) is 0 Å². The number of ether oxygens (including phenoxy) is 7. The molecule has 0 spiro atoms. The Morgan fingerprint density at radius 3 is 1.84 bits per heavy atom. The molecule has 6 rings (SSSR count). The lowest BCUT2D eigenvalue weighted by Crippen LogP contribution is -2.54. The van der Waals surface area contributed by atoms with Gasteiger partial charge in [-0.15, -0.1) is 0 Å². The monoisotopic (exact) mass is 766 g/mol. The fourth-order valence-electron chi connectivity index (χ4n) is 7.26. The maximum Gasteiger partial charge on any atom is 0.330 e. The van der Waals surface area contributed by atoms with Crippen molar-refractivity contribution in [3.63, 3.8) is 0 Å². The third-order valence-corrected chi connectivity index (χ3v) is 9.79. The first kappa shape index (κ1) is 39.3. The van der Waals surface area contributed by atoms with Gasteiger partial charge in [-0.1, -0.05) is 66.7 Å². The zero-order valence-electron chi connectivity index (χ0n) is 31.2. The van der Waals surface area contributed by atoms with E-state index in [4.69, 9.17) is 33.2 Å². The van der Waals surface area contributed by atoms with Gasteiger partial charge in [0.15, 0.2) is 29.9 Å². The molecule has 1 aliphatic heterocycles. The highest BCUT2D eigenvalue weighted by Gasteiger charge is 2.59. The number of esters is 1. The summed E-state index contributed by atoms with van der Waals surface area (Å²) in [5.41, 5.74) is -0.502. The molecule has 0 saturated carbocycles. The Morgan fingerprint density at radius 1 is 0.732 bits per heavy atom. The fraction of sp³-hybridized carbons (Fsp3) is 0.286. The molecule has 0 unspecified atom stereocenters. The van der Waals surface area contributed by atoms with Gasteiger partial charge in [0, 0.05) is 19.4 Å². The molecular weight excluding hydrogens is 724 g/mol. The molecule has 1 fully saturated rings. The summed E-state index contributed by atoms with van der Waals surface area (Å²) in [6.07, 6.45) is -6.06. The molecule has 292 valence electrons. The van der Waals surface area contributed by atoms with Crippen molar-refractivity contribution in [1.82, 2.24) is 9.55 Å². The third kappa shape index (κ3) is 7.88. The van der Waals surface area contributed by atoms with Crippen molar-refractivity contribution >= 4 is 11.9 Å². The molecule has 1 aliphatic rings. The van der Waals surface area contributed by atoms with Gasteiger partial charge >= 0.3 is 17.6 Å². The highest BCUT2D eigenvalue weighted by atomic mass is 16.6. The summed E-state index contributed by atoms with van der Waals surface area (Å²) in [6.45, 7) is 0. The molecule has 4 aromatic carbocycles. The lowest BCUT2D eigenvalue weighted by molar-refractivity contribution is -0.163. The summed E-state index contributed by atoms with van der Waals surface area (Å²) in [6, 6.07) is 32.3. The first-order valence-electron chi connectivity index (χ1n) is 17.7. The number of H-pyrrole nitrogens is 1. The number of carbonyl (C=O) groups excluding carboxylic acids is 1. The highest BCUT2D eigenvalue weighted by molar-refractivity contribution is 5.76. The molecule has 0 aliphatic carbocycles. The van der Waals surface area contributed by atoms with Gasteiger partial charge in [-0.2, -0.15) is 0 Å². The van der Waals surface area contributed by atoms with Crippen molar-refractivity contribution in [3.8, 4) is 23.0 Å². The molecule has 5 atom stereocenters. The molecular formula is C42H42N2O12. The molecule has 5 aromatic rings. The van der Waals surface area contributed by atoms with Crippen LogP contribution >= 0.6 is 0 Å². The topological polar surface area (TPSA) is 174 Å². The number of rotatable bonds is 16. The van der Waals surface area contributed by atoms with Crippen LogP contribution in [0.4, 0.5) is 0 Å². The number of aromatic amines is 1. The van der Waals surface area contributed by atoms with Gasteiger partial charge in [-0.3, -0.25) is 23.9 Å². The second kappa shape index (κ2) is 17.4. The van der Waals surface area contributed by atoms with Crippen LogP contribution in [0.15, 0.2) is 125 Å². The number of para-hydroxylation sites is 2. The van der Waals surface area contributed by atoms with E-state index >= 15 is 0 Å². The van der Waals surface area contributed by atoms with E-state index in [2.05, 4.69) is 4.98 Å². The van der Waals surface area contributed by atoms with Crippen LogP contribution in [0, 0.1) is 0 Å². The SMILES string of the molecule is COc1ccc(C(c2ccccc2)(c2ccc(OC)cc2)[C@H](OC)[C@H]2O[C@@H](n3ccc(=O)[nH]c3=O)[C@H](Oc3ccccc3OC)[C@@H]2OC(=O)CCC(=O)O)cc1.